The molecule has 0 N–H and O–H groups in total. The Kier molecular flexibility index (Phi) is 2.98. The van der Waals surface area contributed by atoms with Crippen molar-refractivity contribution in [3.63, 3.8) is 0 Å². The second kappa shape index (κ2) is 4.84. The van der Waals surface area contributed by atoms with Gasteiger partial charge in [0.2, 0.25) is 5.91 Å². The third-order valence-electron chi connectivity index (χ3n) is 5.00. The number of nitrogens with zero attached hydrogens (tertiary/aromatic N) is 4. The minimum Gasteiger partial charge on any atom is -0.381 e. The molecule has 0 saturated carbocycles. The van der Waals surface area contributed by atoms with Gasteiger partial charge in [-0.15, -0.1) is 0 Å². The minimum atomic E-state index is 0.0949. The van der Waals surface area contributed by atoms with Gasteiger partial charge in [-0.05, 0) is 32.1 Å². The Morgan fingerprint density at radius 1 is 1.05 bits per heavy atom. The highest BCUT2D eigenvalue weighted by Crippen LogP contribution is 2.41. The van der Waals surface area contributed by atoms with Crippen LogP contribution < -0.4 is 0 Å². The summed E-state index contributed by atoms with van der Waals surface area (Å²) in [6, 6.07) is 1.10. The van der Waals surface area contributed by atoms with Crippen LogP contribution in [0.3, 0.4) is 0 Å². The molecule has 20 heavy (non-hydrogen) atoms. The molecule has 0 spiro atoms. The number of aromatic nitrogens is 3. The van der Waals surface area contributed by atoms with E-state index in [1.54, 1.807) is 12.4 Å². The molecule has 3 aliphatic heterocycles. The molecule has 4 heterocycles. The molecule has 3 unspecified atom stereocenters. The third kappa shape index (κ3) is 1.93. The summed E-state index contributed by atoms with van der Waals surface area (Å²) < 4.78 is 5.37. The van der Waals surface area contributed by atoms with Crippen LogP contribution in [-0.2, 0) is 9.53 Å². The Labute approximate surface area is 118 Å². The summed E-state index contributed by atoms with van der Waals surface area (Å²) in [5.41, 5.74) is 0. The van der Waals surface area contributed by atoms with E-state index in [0.29, 0.717) is 30.6 Å². The second-order valence-corrected chi connectivity index (χ2v) is 6.17. The monoisotopic (exact) mass is 276 g/mol. The summed E-state index contributed by atoms with van der Waals surface area (Å²) in [5.74, 6) is 0.416. The predicted molar refractivity (Wildman–Crippen MR) is 70.9 cm³/mol. The predicted octanol–water partition coefficient (Wildman–Crippen LogP) is 1.01. The Balaban J connectivity index is 1.50. The molecule has 3 atom stereocenters. The van der Waals surface area contributed by atoms with Gasteiger partial charge in [0, 0.05) is 18.7 Å². The summed E-state index contributed by atoms with van der Waals surface area (Å²) in [6.07, 6.45) is 8.59. The summed E-state index contributed by atoms with van der Waals surface area (Å²) in [5, 5.41) is 8.53. The number of hydrogen-bond acceptors (Lipinski definition) is 4. The topological polar surface area (TPSA) is 60.2 Å². The van der Waals surface area contributed by atoms with Crippen molar-refractivity contribution in [2.24, 2.45) is 5.92 Å². The van der Waals surface area contributed by atoms with Crippen LogP contribution in [0.1, 0.15) is 38.1 Å². The molecule has 2 bridgehead atoms. The van der Waals surface area contributed by atoms with Gasteiger partial charge in [-0.3, -0.25) is 4.79 Å². The van der Waals surface area contributed by atoms with Crippen LogP contribution in [-0.4, -0.2) is 51.1 Å². The third-order valence-corrected chi connectivity index (χ3v) is 5.00. The van der Waals surface area contributed by atoms with Crippen LogP contribution in [0.2, 0.25) is 0 Å². The quantitative estimate of drug-likeness (QED) is 0.809. The fraction of sp³-hybridized carbons (Fsp3) is 0.786. The summed E-state index contributed by atoms with van der Waals surface area (Å²) in [7, 11) is 0. The van der Waals surface area contributed by atoms with Gasteiger partial charge < -0.3 is 9.64 Å². The molecule has 4 rings (SSSR count). The zero-order valence-electron chi connectivity index (χ0n) is 11.5. The molecule has 1 aromatic heterocycles. The lowest BCUT2D eigenvalue weighted by atomic mass is 9.95. The van der Waals surface area contributed by atoms with Gasteiger partial charge in [0.1, 0.15) is 0 Å². The highest BCUT2D eigenvalue weighted by atomic mass is 16.5. The summed E-state index contributed by atoms with van der Waals surface area (Å²) in [6.45, 7) is 1.35. The van der Waals surface area contributed by atoms with Gasteiger partial charge in [0.25, 0.3) is 0 Å². The van der Waals surface area contributed by atoms with Gasteiger partial charge >= 0.3 is 0 Å². The molecule has 3 aliphatic rings. The van der Waals surface area contributed by atoms with E-state index >= 15 is 0 Å². The first-order valence-corrected chi connectivity index (χ1v) is 7.58. The van der Waals surface area contributed by atoms with Crippen molar-refractivity contribution < 1.29 is 9.53 Å². The van der Waals surface area contributed by atoms with Crippen LogP contribution in [0, 0.1) is 5.92 Å². The second-order valence-electron chi connectivity index (χ2n) is 6.17. The number of rotatable bonds is 2. The van der Waals surface area contributed by atoms with E-state index in [4.69, 9.17) is 4.74 Å². The van der Waals surface area contributed by atoms with Crippen molar-refractivity contribution in [2.45, 2.75) is 50.2 Å². The number of ether oxygens (including phenoxy) is 1. The number of carbonyl (C=O) groups excluding carboxylic acids is 1. The van der Waals surface area contributed by atoms with Gasteiger partial charge in [0.15, 0.2) is 0 Å². The van der Waals surface area contributed by atoms with Crippen molar-refractivity contribution in [3.8, 4) is 0 Å². The number of hydrogen-bond donors (Lipinski definition) is 0. The number of fused-ring (bicyclic) bond motifs is 2. The van der Waals surface area contributed by atoms with Crippen molar-refractivity contribution in [3.05, 3.63) is 12.4 Å². The first-order chi connectivity index (χ1) is 9.83. The first-order valence-electron chi connectivity index (χ1n) is 7.58. The number of piperidine rings is 1. The summed E-state index contributed by atoms with van der Waals surface area (Å²) in [4.78, 5) is 16.7. The Morgan fingerprint density at radius 2 is 1.75 bits per heavy atom. The molecule has 0 radical (unpaired) electrons. The van der Waals surface area contributed by atoms with Crippen molar-refractivity contribution >= 4 is 5.91 Å². The molecule has 3 fully saturated rings. The van der Waals surface area contributed by atoms with Crippen LogP contribution in [0.5, 0.6) is 0 Å². The normalized spacial score (nSPS) is 36.5. The Hall–Kier alpha value is -1.43. The van der Waals surface area contributed by atoms with Crippen molar-refractivity contribution in [2.75, 3.05) is 13.2 Å². The molecule has 3 saturated heterocycles. The standard InChI is InChI=1S/C14H20N4O2/c19-14(10-3-6-20-9-10)17-11-1-2-12(17)8-13(7-11)18-15-4-5-16-18/h4-5,10-13H,1-3,6-9H2. The summed E-state index contributed by atoms with van der Waals surface area (Å²) >= 11 is 0. The fourth-order valence-corrected chi connectivity index (χ4v) is 4.05. The maximum atomic E-state index is 12.7. The lowest BCUT2D eigenvalue weighted by Gasteiger charge is -2.39. The molecule has 1 amide bonds. The molecule has 0 aliphatic carbocycles. The highest BCUT2D eigenvalue weighted by molar-refractivity contribution is 5.80. The zero-order chi connectivity index (χ0) is 13.5. The van der Waals surface area contributed by atoms with E-state index in [1.807, 2.05) is 4.80 Å². The van der Waals surface area contributed by atoms with Gasteiger partial charge in [-0.1, -0.05) is 0 Å². The Morgan fingerprint density at radius 3 is 2.35 bits per heavy atom. The molecule has 0 aromatic carbocycles. The fourth-order valence-electron chi connectivity index (χ4n) is 4.05. The average molecular weight is 276 g/mol. The van der Waals surface area contributed by atoms with Gasteiger partial charge in [0.05, 0.1) is 31.0 Å². The van der Waals surface area contributed by atoms with Crippen LogP contribution in [0.15, 0.2) is 12.4 Å². The van der Waals surface area contributed by atoms with E-state index in [1.165, 1.54) is 0 Å². The van der Waals surface area contributed by atoms with Gasteiger partial charge in [-0.25, -0.2) is 0 Å². The molecule has 1 aromatic rings. The lowest BCUT2D eigenvalue weighted by Crippen LogP contribution is -2.49. The molecular weight excluding hydrogens is 256 g/mol. The number of amides is 1. The van der Waals surface area contributed by atoms with E-state index in [2.05, 4.69) is 15.1 Å². The largest absolute Gasteiger partial charge is 0.381 e. The molecule has 108 valence electrons. The van der Waals surface area contributed by atoms with E-state index < -0.39 is 0 Å². The first kappa shape index (κ1) is 12.3. The SMILES string of the molecule is O=C(C1CCOC1)N1C2CCC1CC(n1nccn1)C2. The van der Waals surface area contributed by atoms with Crippen molar-refractivity contribution in [1.82, 2.24) is 19.9 Å². The van der Waals surface area contributed by atoms with Crippen LogP contribution in [0.4, 0.5) is 0 Å². The maximum absolute atomic E-state index is 12.7. The van der Waals surface area contributed by atoms with E-state index in [9.17, 15) is 4.79 Å². The molecular formula is C14H20N4O2. The number of carbonyl (C=O) groups is 1. The maximum Gasteiger partial charge on any atom is 0.228 e. The van der Waals surface area contributed by atoms with Crippen LogP contribution >= 0.6 is 0 Å². The molecule has 6 nitrogen and oxygen atoms in total. The zero-order valence-corrected chi connectivity index (χ0v) is 11.5. The molecule has 6 heteroatoms. The van der Waals surface area contributed by atoms with E-state index in [0.717, 1.165) is 38.7 Å². The van der Waals surface area contributed by atoms with E-state index in [-0.39, 0.29) is 5.92 Å². The smallest absolute Gasteiger partial charge is 0.228 e. The lowest BCUT2D eigenvalue weighted by molar-refractivity contribution is -0.140. The van der Waals surface area contributed by atoms with Crippen LogP contribution in [0.25, 0.3) is 0 Å². The Bertz CT molecular complexity index is 469. The average Bonchev–Trinajstić information content (AvgIpc) is 3.18. The van der Waals surface area contributed by atoms with Gasteiger partial charge in [-0.2, -0.15) is 15.0 Å². The minimum absolute atomic E-state index is 0.0949. The van der Waals surface area contributed by atoms with Crippen molar-refractivity contribution in [1.29, 1.82) is 0 Å². The highest BCUT2D eigenvalue weighted by Gasteiger charge is 2.46.